The summed E-state index contributed by atoms with van der Waals surface area (Å²) in [7, 11) is 0. The van der Waals surface area contributed by atoms with Crippen LogP contribution in [0.1, 0.15) is 31.0 Å². The van der Waals surface area contributed by atoms with E-state index in [1.807, 2.05) is 18.7 Å². The van der Waals surface area contributed by atoms with Crippen molar-refractivity contribution in [2.24, 2.45) is 0 Å². The van der Waals surface area contributed by atoms with Crippen LogP contribution >= 0.6 is 23.1 Å². The molecule has 0 N–H and O–H groups in total. The second-order valence-electron chi connectivity index (χ2n) is 4.92. The Bertz CT molecular complexity index is 764. The summed E-state index contributed by atoms with van der Waals surface area (Å²) in [5, 5.41) is 2.29. The van der Waals surface area contributed by atoms with Gasteiger partial charge in [0.25, 0.3) is 0 Å². The molecule has 3 rings (SSSR count). The number of hydrogen-bond acceptors (Lipinski definition) is 5. The average Bonchev–Trinajstić information content (AvgIpc) is 2.78. The third kappa shape index (κ3) is 2.40. The molecule has 0 aliphatic carbocycles. The summed E-state index contributed by atoms with van der Waals surface area (Å²) in [4.78, 5) is 14.7. The number of rotatable bonds is 4. The molecule has 0 aliphatic rings. The molecule has 104 valence electrons. The van der Waals surface area contributed by atoms with E-state index in [2.05, 4.69) is 34.9 Å². The van der Waals surface area contributed by atoms with E-state index in [1.165, 1.54) is 28.5 Å². The van der Waals surface area contributed by atoms with Crippen molar-refractivity contribution >= 4 is 43.5 Å². The van der Waals surface area contributed by atoms with Crippen molar-refractivity contribution in [3.63, 3.8) is 0 Å². The summed E-state index contributed by atoms with van der Waals surface area (Å²) in [5.74, 6) is 1.11. The largest absolute Gasteiger partial charge is 0.242 e. The van der Waals surface area contributed by atoms with Crippen LogP contribution in [0.3, 0.4) is 0 Å². The molecule has 0 unspecified atom stereocenters. The van der Waals surface area contributed by atoms with Gasteiger partial charge in [-0.05, 0) is 37.7 Å². The van der Waals surface area contributed by atoms with Gasteiger partial charge in [0, 0.05) is 11.1 Å². The Kier molecular flexibility index (Phi) is 3.89. The van der Waals surface area contributed by atoms with Gasteiger partial charge in [-0.3, -0.25) is 0 Å². The molecule has 5 heteroatoms. The number of unbranched alkanes of at least 4 members (excludes halogenated alkanes) is 1. The molecule has 3 heterocycles. The van der Waals surface area contributed by atoms with Gasteiger partial charge in [0.2, 0.25) is 0 Å². The molecule has 0 radical (unpaired) electrons. The molecule has 0 amide bonds. The van der Waals surface area contributed by atoms with Gasteiger partial charge in [0.1, 0.15) is 16.2 Å². The van der Waals surface area contributed by atoms with Crippen LogP contribution in [0.5, 0.6) is 0 Å². The monoisotopic (exact) mass is 303 g/mol. The SMILES string of the molecule is CCCCSc1ncnc2c1sc1nc(C)cc(C)c12. The second kappa shape index (κ2) is 5.66. The number of thioether (sulfide) groups is 1. The number of thiophene rings is 1. The molecule has 0 aliphatic heterocycles. The maximum atomic E-state index is 4.65. The first-order valence-electron chi connectivity index (χ1n) is 6.85. The van der Waals surface area contributed by atoms with Gasteiger partial charge in [-0.15, -0.1) is 23.1 Å². The van der Waals surface area contributed by atoms with Crippen LogP contribution < -0.4 is 0 Å². The van der Waals surface area contributed by atoms with Gasteiger partial charge in [-0.25, -0.2) is 15.0 Å². The lowest BCUT2D eigenvalue weighted by Crippen LogP contribution is -1.87. The zero-order valence-electron chi connectivity index (χ0n) is 11.9. The zero-order valence-corrected chi connectivity index (χ0v) is 13.6. The van der Waals surface area contributed by atoms with Gasteiger partial charge in [0.05, 0.1) is 10.2 Å². The van der Waals surface area contributed by atoms with E-state index in [1.54, 1.807) is 17.7 Å². The molecular weight excluding hydrogens is 286 g/mol. The molecule has 0 bridgehead atoms. The zero-order chi connectivity index (χ0) is 14.1. The molecule has 0 saturated carbocycles. The maximum Gasteiger partial charge on any atom is 0.126 e. The highest BCUT2D eigenvalue weighted by molar-refractivity contribution is 7.99. The van der Waals surface area contributed by atoms with Gasteiger partial charge >= 0.3 is 0 Å². The molecular formula is C15H17N3S2. The van der Waals surface area contributed by atoms with Crippen LogP contribution in [0.25, 0.3) is 20.4 Å². The van der Waals surface area contributed by atoms with E-state index in [0.29, 0.717) is 0 Å². The summed E-state index contributed by atoms with van der Waals surface area (Å²) in [6, 6.07) is 2.13. The first-order chi connectivity index (χ1) is 9.70. The number of aryl methyl sites for hydroxylation is 2. The van der Waals surface area contributed by atoms with E-state index in [-0.39, 0.29) is 0 Å². The van der Waals surface area contributed by atoms with Crippen molar-refractivity contribution in [1.29, 1.82) is 0 Å². The predicted octanol–water partition coefficient (Wildman–Crippen LogP) is 4.75. The molecule has 0 fully saturated rings. The lowest BCUT2D eigenvalue weighted by Gasteiger charge is -2.01. The van der Waals surface area contributed by atoms with E-state index >= 15 is 0 Å². The third-order valence-electron chi connectivity index (χ3n) is 3.25. The molecule has 20 heavy (non-hydrogen) atoms. The quantitative estimate of drug-likeness (QED) is 0.396. The highest BCUT2D eigenvalue weighted by Crippen LogP contribution is 2.38. The molecule has 0 spiro atoms. The Hall–Kier alpha value is -1.20. The fourth-order valence-corrected chi connectivity index (χ4v) is 4.72. The van der Waals surface area contributed by atoms with Gasteiger partial charge < -0.3 is 0 Å². The van der Waals surface area contributed by atoms with Crippen molar-refractivity contribution in [2.45, 2.75) is 38.6 Å². The molecule has 3 nitrogen and oxygen atoms in total. The van der Waals surface area contributed by atoms with E-state index in [9.17, 15) is 0 Å². The van der Waals surface area contributed by atoms with Gasteiger partial charge in [-0.1, -0.05) is 13.3 Å². The Balaban J connectivity index is 2.17. The van der Waals surface area contributed by atoms with Crippen molar-refractivity contribution < 1.29 is 0 Å². The molecule has 0 saturated heterocycles. The number of fused-ring (bicyclic) bond motifs is 3. The summed E-state index contributed by atoms with van der Waals surface area (Å²) in [5.41, 5.74) is 3.38. The van der Waals surface area contributed by atoms with E-state index in [4.69, 9.17) is 0 Å². The van der Waals surface area contributed by atoms with Crippen LogP contribution in [-0.2, 0) is 0 Å². The first kappa shape index (κ1) is 13.8. The fraction of sp³-hybridized carbons (Fsp3) is 0.400. The Labute approximate surface area is 126 Å². The first-order valence-corrected chi connectivity index (χ1v) is 8.65. The van der Waals surface area contributed by atoms with E-state index < -0.39 is 0 Å². The van der Waals surface area contributed by atoms with Gasteiger partial charge in [0.15, 0.2) is 0 Å². The lowest BCUT2D eigenvalue weighted by atomic mass is 10.1. The summed E-state index contributed by atoms with van der Waals surface area (Å²) in [6.45, 7) is 6.39. The Morgan fingerprint density at radius 1 is 1.25 bits per heavy atom. The van der Waals surface area contributed by atoms with Crippen LogP contribution in [-0.4, -0.2) is 20.7 Å². The van der Waals surface area contributed by atoms with Crippen LogP contribution in [0.15, 0.2) is 17.4 Å². The molecule has 0 atom stereocenters. The highest BCUT2D eigenvalue weighted by atomic mass is 32.2. The van der Waals surface area contributed by atoms with E-state index in [0.717, 1.165) is 26.8 Å². The standard InChI is InChI=1S/C15H17N3S2/c1-4-5-6-19-15-13-12(16-8-17-15)11-9(2)7-10(3)18-14(11)20-13/h7-8H,4-6H2,1-3H3. The number of pyridine rings is 1. The smallest absolute Gasteiger partial charge is 0.126 e. The predicted molar refractivity (Wildman–Crippen MR) is 87.8 cm³/mol. The number of aromatic nitrogens is 3. The number of nitrogens with zero attached hydrogens (tertiary/aromatic N) is 3. The molecule has 0 aromatic carbocycles. The lowest BCUT2D eigenvalue weighted by molar-refractivity contribution is 0.895. The number of hydrogen-bond donors (Lipinski definition) is 0. The van der Waals surface area contributed by atoms with Crippen molar-refractivity contribution in [1.82, 2.24) is 15.0 Å². The summed E-state index contributed by atoms with van der Waals surface area (Å²) >= 11 is 3.55. The van der Waals surface area contributed by atoms with Crippen LogP contribution in [0.4, 0.5) is 0 Å². The fourth-order valence-electron chi connectivity index (χ4n) is 2.30. The van der Waals surface area contributed by atoms with Crippen LogP contribution in [0, 0.1) is 13.8 Å². The summed E-state index contributed by atoms with van der Waals surface area (Å²) in [6.07, 6.45) is 4.12. The Morgan fingerprint density at radius 2 is 2.10 bits per heavy atom. The third-order valence-corrected chi connectivity index (χ3v) is 5.54. The minimum atomic E-state index is 1.06. The minimum Gasteiger partial charge on any atom is -0.242 e. The van der Waals surface area contributed by atoms with Crippen molar-refractivity contribution in [3.8, 4) is 0 Å². The normalized spacial score (nSPS) is 11.6. The van der Waals surface area contributed by atoms with Crippen LogP contribution in [0.2, 0.25) is 0 Å². The average molecular weight is 303 g/mol. The van der Waals surface area contributed by atoms with Gasteiger partial charge in [-0.2, -0.15) is 0 Å². The topological polar surface area (TPSA) is 38.7 Å². The minimum absolute atomic E-state index is 1.06. The maximum absolute atomic E-state index is 4.65. The summed E-state index contributed by atoms with van der Waals surface area (Å²) < 4.78 is 1.19. The Morgan fingerprint density at radius 3 is 2.90 bits per heavy atom. The molecule has 3 aromatic heterocycles. The second-order valence-corrected chi connectivity index (χ2v) is 7.00. The van der Waals surface area contributed by atoms with Crippen molar-refractivity contribution in [3.05, 3.63) is 23.7 Å². The van der Waals surface area contributed by atoms with Crippen molar-refractivity contribution in [2.75, 3.05) is 5.75 Å². The molecule has 3 aromatic rings. The highest BCUT2D eigenvalue weighted by Gasteiger charge is 2.14.